The summed E-state index contributed by atoms with van der Waals surface area (Å²) in [5.41, 5.74) is 0. The number of benzene rings is 1. The van der Waals surface area contributed by atoms with Crippen LogP contribution < -0.4 is 4.72 Å². The van der Waals surface area contributed by atoms with Gasteiger partial charge in [0.2, 0.25) is 10.0 Å². The minimum absolute atomic E-state index is 0.0980. The number of hydrogen-bond donors (Lipinski definition) is 1. The zero-order valence-electron chi connectivity index (χ0n) is 11.5. The number of ether oxygens (including phenoxy) is 1. The summed E-state index contributed by atoms with van der Waals surface area (Å²) in [6, 6.07) is 4.69. The van der Waals surface area contributed by atoms with E-state index in [-0.39, 0.29) is 16.0 Å². The Hall–Kier alpha value is -0.140. The van der Waals surface area contributed by atoms with Crippen LogP contribution in [0.1, 0.15) is 26.7 Å². The highest BCUT2D eigenvalue weighted by atomic mass is 79.9. The monoisotopic (exact) mass is 383 g/mol. The van der Waals surface area contributed by atoms with Gasteiger partial charge in [-0.1, -0.05) is 27.5 Å². The van der Waals surface area contributed by atoms with E-state index in [1.165, 1.54) is 6.07 Å². The van der Waals surface area contributed by atoms with Gasteiger partial charge in [-0.05, 0) is 44.9 Å². The molecule has 20 heavy (non-hydrogen) atoms. The van der Waals surface area contributed by atoms with E-state index in [2.05, 4.69) is 20.7 Å². The van der Waals surface area contributed by atoms with Gasteiger partial charge in [0.1, 0.15) is 4.90 Å². The van der Waals surface area contributed by atoms with Crippen molar-refractivity contribution in [1.29, 1.82) is 0 Å². The fourth-order valence-electron chi connectivity index (χ4n) is 1.52. The molecule has 1 aromatic rings. The van der Waals surface area contributed by atoms with E-state index in [0.29, 0.717) is 13.2 Å². The average molecular weight is 385 g/mol. The molecule has 0 saturated heterocycles. The van der Waals surface area contributed by atoms with E-state index in [0.717, 1.165) is 17.3 Å². The topological polar surface area (TPSA) is 55.4 Å². The third kappa shape index (κ3) is 6.10. The van der Waals surface area contributed by atoms with Crippen LogP contribution in [0, 0.1) is 0 Å². The molecule has 0 aromatic heterocycles. The normalized spacial score (nSPS) is 12.1. The highest BCUT2D eigenvalue weighted by Crippen LogP contribution is 2.24. The molecule has 7 heteroatoms. The highest BCUT2D eigenvalue weighted by molar-refractivity contribution is 9.10. The molecule has 0 atom stereocenters. The minimum atomic E-state index is -3.55. The van der Waals surface area contributed by atoms with Crippen molar-refractivity contribution in [3.05, 3.63) is 27.7 Å². The van der Waals surface area contributed by atoms with Crippen LogP contribution in [-0.2, 0) is 14.8 Å². The summed E-state index contributed by atoms with van der Waals surface area (Å²) in [5, 5.41) is 0.204. The Labute approximate surface area is 134 Å². The van der Waals surface area contributed by atoms with Crippen molar-refractivity contribution in [2.45, 2.75) is 37.7 Å². The Morgan fingerprint density at radius 1 is 1.35 bits per heavy atom. The van der Waals surface area contributed by atoms with Crippen LogP contribution in [0.4, 0.5) is 0 Å². The maximum Gasteiger partial charge on any atom is 0.242 e. The van der Waals surface area contributed by atoms with E-state index in [1.807, 2.05) is 13.8 Å². The van der Waals surface area contributed by atoms with Crippen molar-refractivity contribution in [3.8, 4) is 0 Å². The van der Waals surface area contributed by atoms with Gasteiger partial charge in [0.25, 0.3) is 0 Å². The number of sulfonamides is 1. The van der Waals surface area contributed by atoms with Gasteiger partial charge in [-0.3, -0.25) is 0 Å². The number of nitrogens with one attached hydrogen (secondary N) is 1. The zero-order chi connectivity index (χ0) is 15.2. The van der Waals surface area contributed by atoms with Crippen molar-refractivity contribution in [3.63, 3.8) is 0 Å². The summed E-state index contributed by atoms with van der Waals surface area (Å²) in [6.07, 6.45) is 1.74. The lowest BCUT2D eigenvalue weighted by molar-refractivity contribution is 0.0762. The van der Waals surface area contributed by atoms with Gasteiger partial charge in [0, 0.05) is 17.6 Å². The Morgan fingerprint density at radius 2 is 2.05 bits per heavy atom. The molecule has 0 radical (unpaired) electrons. The molecule has 0 fully saturated rings. The molecule has 114 valence electrons. The second kappa shape index (κ2) is 8.34. The third-order valence-electron chi connectivity index (χ3n) is 2.50. The molecule has 0 aliphatic heterocycles. The van der Waals surface area contributed by atoms with Crippen molar-refractivity contribution in [2.24, 2.45) is 0 Å². The fourth-order valence-corrected chi connectivity index (χ4v) is 3.63. The van der Waals surface area contributed by atoms with Crippen molar-refractivity contribution >= 4 is 37.6 Å². The SMILES string of the molecule is CC(C)OCCCCNS(=O)(=O)c1ccc(Br)cc1Cl. The van der Waals surface area contributed by atoms with Gasteiger partial charge < -0.3 is 4.74 Å². The molecule has 0 spiro atoms. The molecule has 0 amide bonds. The molecule has 0 unspecified atom stereocenters. The van der Waals surface area contributed by atoms with Crippen LogP contribution in [0.3, 0.4) is 0 Å². The van der Waals surface area contributed by atoms with Crippen LogP contribution in [-0.4, -0.2) is 27.7 Å². The van der Waals surface area contributed by atoms with Gasteiger partial charge in [-0.2, -0.15) is 0 Å². The summed E-state index contributed by atoms with van der Waals surface area (Å²) in [5.74, 6) is 0. The van der Waals surface area contributed by atoms with Crippen LogP contribution in [0.25, 0.3) is 0 Å². The lowest BCUT2D eigenvalue weighted by Gasteiger charge is -2.09. The Bertz CT molecular complexity index is 534. The lowest BCUT2D eigenvalue weighted by atomic mass is 10.3. The molecular formula is C13H19BrClNO3S. The predicted molar refractivity (Wildman–Crippen MR) is 84.7 cm³/mol. The molecule has 0 bridgehead atoms. The van der Waals surface area contributed by atoms with Gasteiger partial charge in [-0.25, -0.2) is 13.1 Å². The first-order valence-electron chi connectivity index (χ1n) is 6.39. The highest BCUT2D eigenvalue weighted by Gasteiger charge is 2.17. The van der Waals surface area contributed by atoms with Crippen LogP contribution in [0.15, 0.2) is 27.6 Å². The maximum atomic E-state index is 12.1. The first-order chi connectivity index (χ1) is 9.33. The number of unbranched alkanes of at least 4 members (excludes halogenated alkanes) is 1. The Morgan fingerprint density at radius 3 is 2.65 bits per heavy atom. The quantitative estimate of drug-likeness (QED) is 0.697. The standard InChI is InChI=1S/C13H19BrClNO3S/c1-10(2)19-8-4-3-7-16-20(17,18)13-6-5-11(14)9-12(13)15/h5-6,9-10,16H,3-4,7-8H2,1-2H3. The smallest absolute Gasteiger partial charge is 0.242 e. The molecule has 0 saturated carbocycles. The Kier molecular flexibility index (Phi) is 7.47. The largest absolute Gasteiger partial charge is 0.379 e. The van der Waals surface area contributed by atoms with Crippen LogP contribution >= 0.6 is 27.5 Å². The van der Waals surface area contributed by atoms with Gasteiger partial charge in [0.15, 0.2) is 0 Å². The van der Waals surface area contributed by atoms with Crippen molar-refractivity contribution < 1.29 is 13.2 Å². The van der Waals surface area contributed by atoms with Crippen LogP contribution in [0.2, 0.25) is 5.02 Å². The predicted octanol–water partition coefficient (Wildman–Crippen LogP) is 3.59. The molecular weight excluding hydrogens is 366 g/mol. The first kappa shape index (κ1) is 17.9. The van der Waals surface area contributed by atoms with Gasteiger partial charge >= 0.3 is 0 Å². The summed E-state index contributed by atoms with van der Waals surface area (Å²) < 4.78 is 32.8. The van der Waals surface area contributed by atoms with E-state index in [4.69, 9.17) is 16.3 Å². The number of halogens is 2. The Balaban J connectivity index is 2.46. The molecule has 1 aromatic carbocycles. The summed E-state index contributed by atoms with van der Waals surface area (Å²) in [7, 11) is -3.55. The molecule has 0 aliphatic carbocycles. The summed E-state index contributed by atoms with van der Waals surface area (Å²) in [4.78, 5) is 0.0980. The molecule has 1 rings (SSSR count). The average Bonchev–Trinajstić information content (AvgIpc) is 2.32. The van der Waals surface area contributed by atoms with E-state index in [1.54, 1.807) is 12.1 Å². The first-order valence-corrected chi connectivity index (χ1v) is 9.04. The van der Waals surface area contributed by atoms with E-state index in [9.17, 15) is 8.42 Å². The minimum Gasteiger partial charge on any atom is -0.379 e. The molecule has 0 aliphatic rings. The van der Waals surface area contributed by atoms with Crippen molar-refractivity contribution in [1.82, 2.24) is 4.72 Å². The molecule has 0 heterocycles. The van der Waals surface area contributed by atoms with Crippen LogP contribution in [0.5, 0.6) is 0 Å². The molecule has 1 N–H and O–H groups in total. The third-order valence-corrected chi connectivity index (χ3v) is 4.94. The van der Waals surface area contributed by atoms with Crippen molar-refractivity contribution in [2.75, 3.05) is 13.2 Å². The second-order valence-corrected chi connectivity index (χ2v) is 7.66. The van der Waals surface area contributed by atoms with Gasteiger partial charge in [0.05, 0.1) is 11.1 Å². The van der Waals surface area contributed by atoms with E-state index < -0.39 is 10.0 Å². The second-order valence-electron chi connectivity index (χ2n) is 4.60. The fraction of sp³-hybridized carbons (Fsp3) is 0.538. The number of hydrogen-bond acceptors (Lipinski definition) is 3. The van der Waals surface area contributed by atoms with E-state index >= 15 is 0 Å². The summed E-state index contributed by atoms with van der Waals surface area (Å²) >= 11 is 9.18. The zero-order valence-corrected chi connectivity index (χ0v) is 14.7. The van der Waals surface area contributed by atoms with Gasteiger partial charge in [-0.15, -0.1) is 0 Å². The lowest BCUT2D eigenvalue weighted by Crippen LogP contribution is -2.25. The molecule has 4 nitrogen and oxygen atoms in total. The number of rotatable bonds is 8. The maximum absolute atomic E-state index is 12.1. The summed E-state index contributed by atoms with van der Waals surface area (Å²) in [6.45, 7) is 4.95.